The fourth-order valence-electron chi connectivity index (χ4n) is 2.01. The Bertz CT molecular complexity index is 440. The van der Waals surface area contributed by atoms with Crippen LogP contribution in [0.3, 0.4) is 0 Å². The lowest BCUT2D eigenvalue weighted by Gasteiger charge is -2.14. The molecule has 0 saturated heterocycles. The van der Waals surface area contributed by atoms with Crippen molar-refractivity contribution in [2.24, 2.45) is 7.05 Å². The van der Waals surface area contributed by atoms with Crippen LogP contribution in [0.15, 0.2) is 12.2 Å². The van der Waals surface area contributed by atoms with Crippen molar-refractivity contribution < 1.29 is 9.90 Å². The van der Waals surface area contributed by atoms with E-state index in [0.717, 1.165) is 12.8 Å². The van der Waals surface area contributed by atoms with Gasteiger partial charge in [0, 0.05) is 13.1 Å². The summed E-state index contributed by atoms with van der Waals surface area (Å²) in [6.45, 7) is 1.71. The Balaban J connectivity index is 2.28. The van der Waals surface area contributed by atoms with E-state index >= 15 is 0 Å². The molecule has 0 spiro atoms. The van der Waals surface area contributed by atoms with Gasteiger partial charge < -0.3 is 10.4 Å². The van der Waals surface area contributed by atoms with E-state index in [1.54, 1.807) is 18.7 Å². The summed E-state index contributed by atoms with van der Waals surface area (Å²) >= 11 is 0. The Labute approximate surface area is 93.8 Å². The van der Waals surface area contributed by atoms with E-state index in [4.69, 9.17) is 5.11 Å². The molecule has 0 aliphatic heterocycles. The second-order valence-corrected chi connectivity index (χ2v) is 4.02. The lowest BCUT2D eigenvalue weighted by molar-refractivity contribution is 0.0697. The molecule has 0 unspecified atom stereocenters. The van der Waals surface area contributed by atoms with Gasteiger partial charge in [0.05, 0.1) is 5.69 Å². The molecule has 86 valence electrons. The maximum atomic E-state index is 11.1. The van der Waals surface area contributed by atoms with Gasteiger partial charge >= 0.3 is 5.97 Å². The van der Waals surface area contributed by atoms with E-state index in [1.165, 1.54) is 0 Å². The Morgan fingerprint density at radius 2 is 2.19 bits per heavy atom. The van der Waals surface area contributed by atoms with E-state index in [0.29, 0.717) is 11.5 Å². The van der Waals surface area contributed by atoms with Crippen LogP contribution in [0.1, 0.15) is 28.9 Å². The predicted octanol–water partition coefficient (Wildman–Crippen LogP) is 1.56. The van der Waals surface area contributed by atoms with Gasteiger partial charge in [-0.1, -0.05) is 12.2 Å². The minimum atomic E-state index is -0.931. The predicted molar refractivity (Wildman–Crippen MR) is 60.7 cm³/mol. The zero-order chi connectivity index (χ0) is 11.7. The van der Waals surface area contributed by atoms with Crippen molar-refractivity contribution in [1.82, 2.24) is 9.78 Å². The molecule has 0 saturated carbocycles. The monoisotopic (exact) mass is 221 g/mol. The van der Waals surface area contributed by atoms with Gasteiger partial charge in [-0.05, 0) is 19.8 Å². The van der Waals surface area contributed by atoms with Gasteiger partial charge in [-0.3, -0.25) is 4.68 Å². The van der Waals surface area contributed by atoms with Crippen molar-refractivity contribution in [3.05, 3.63) is 23.4 Å². The topological polar surface area (TPSA) is 67.2 Å². The average Bonchev–Trinajstić information content (AvgIpc) is 2.76. The van der Waals surface area contributed by atoms with Crippen LogP contribution in [0.4, 0.5) is 5.82 Å². The second kappa shape index (κ2) is 4.00. The van der Waals surface area contributed by atoms with Gasteiger partial charge in [-0.15, -0.1) is 0 Å². The number of nitrogens with zero attached hydrogens (tertiary/aromatic N) is 2. The van der Waals surface area contributed by atoms with E-state index in [1.807, 2.05) is 0 Å². The molecule has 0 atom stereocenters. The normalized spacial score (nSPS) is 15.6. The molecule has 16 heavy (non-hydrogen) atoms. The highest BCUT2D eigenvalue weighted by Gasteiger charge is 2.22. The van der Waals surface area contributed by atoms with Crippen LogP contribution in [0.25, 0.3) is 0 Å². The fraction of sp³-hybridized carbons (Fsp3) is 0.455. The molecule has 1 aliphatic rings. The van der Waals surface area contributed by atoms with Crippen LogP contribution >= 0.6 is 0 Å². The third-order valence-corrected chi connectivity index (χ3v) is 2.78. The molecule has 5 heteroatoms. The summed E-state index contributed by atoms with van der Waals surface area (Å²) in [4.78, 5) is 11.1. The van der Waals surface area contributed by atoms with Crippen molar-refractivity contribution in [2.75, 3.05) is 5.32 Å². The lowest BCUT2D eigenvalue weighted by atomic mass is 10.2. The molecule has 0 amide bonds. The average molecular weight is 221 g/mol. The number of hydrogen-bond donors (Lipinski definition) is 2. The lowest BCUT2D eigenvalue weighted by Crippen LogP contribution is -2.19. The first kappa shape index (κ1) is 10.7. The molecule has 1 aromatic heterocycles. The molecule has 1 heterocycles. The largest absolute Gasteiger partial charge is 0.477 e. The minimum absolute atomic E-state index is 0.273. The van der Waals surface area contributed by atoms with Crippen LogP contribution in [-0.4, -0.2) is 26.9 Å². The van der Waals surface area contributed by atoms with Gasteiger partial charge in [0.1, 0.15) is 11.4 Å². The number of anilines is 1. The molecule has 0 radical (unpaired) electrons. The van der Waals surface area contributed by atoms with Crippen LogP contribution in [0.5, 0.6) is 0 Å². The number of carboxylic acids is 1. The molecule has 5 nitrogen and oxygen atoms in total. The summed E-state index contributed by atoms with van der Waals surface area (Å²) in [6, 6.07) is 0.285. The third kappa shape index (κ3) is 1.80. The zero-order valence-corrected chi connectivity index (χ0v) is 9.40. The maximum absolute atomic E-state index is 11.1. The Hall–Kier alpha value is -1.78. The van der Waals surface area contributed by atoms with Crippen LogP contribution in [0.2, 0.25) is 0 Å². The summed E-state index contributed by atoms with van der Waals surface area (Å²) in [5.74, 6) is -0.335. The third-order valence-electron chi connectivity index (χ3n) is 2.78. The van der Waals surface area contributed by atoms with E-state index < -0.39 is 5.97 Å². The molecule has 0 fully saturated rings. The quantitative estimate of drug-likeness (QED) is 0.760. The molecule has 0 bridgehead atoms. The fourth-order valence-corrected chi connectivity index (χ4v) is 2.01. The number of nitrogens with one attached hydrogen (secondary N) is 1. The van der Waals surface area contributed by atoms with Gasteiger partial charge in [-0.25, -0.2) is 4.79 Å². The van der Waals surface area contributed by atoms with E-state index in [-0.39, 0.29) is 11.6 Å². The highest BCUT2D eigenvalue weighted by molar-refractivity contribution is 5.94. The SMILES string of the molecule is Cc1nn(C)c(NC2CC=CC2)c1C(=O)O. The first-order valence-corrected chi connectivity index (χ1v) is 5.28. The van der Waals surface area contributed by atoms with Crippen molar-refractivity contribution in [2.45, 2.75) is 25.8 Å². The number of aryl methyl sites for hydroxylation is 2. The van der Waals surface area contributed by atoms with Crippen molar-refractivity contribution in [3.63, 3.8) is 0 Å². The highest BCUT2D eigenvalue weighted by atomic mass is 16.4. The summed E-state index contributed by atoms with van der Waals surface area (Å²) in [5, 5.41) is 16.5. The summed E-state index contributed by atoms with van der Waals surface area (Å²) in [5.41, 5.74) is 0.817. The van der Waals surface area contributed by atoms with Crippen LogP contribution in [0, 0.1) is 6.92 Å². The first-order chi connectivity index (χ1) is 7.59. The van der Waals surface area contributed by atoms with Crippen LogP contribution < -0.4 is 5.32 Å². The Morgan fingerprint density at radius 3 is 2.75 bits per heavy atom. The van der Waals surface area contributed by atoms with E-state index in [2.05, 4.69) is 22.6 Å². The van der Waals surface area contributed by atoms with Crippen LogP contribution in [-0.2, 0) is 7.05 Å². The molecular formula is C11H15N3O2. The van der Waals surface area contributed by atoms with Gasteiger partial charge in [0.25, 0.3) is 0 Å². The van der Waals surface area contributed by atoms with E-state index in [9.17, 15) is 4.79 Å². The Kier molecular flexibility index (Phi) is 2.68. The van der Waals surface area contributed by atoms with Gasteiger partial charge in [0.15, 0.2) is 0 Å². The Morgan fingerprint density at radius 1 is 1.56 bits per heavy atom. The summed E-state index contributed by atoms with van der Waals surface area (Å²) in [7, 11) is 1.75. The molecule has 1 aliphatic carbocycles. The maximum Gasteiger partial charge on any atom is 0.341 e. The first-order valence-electron chi connectivity index (χ1n) is 5.28. The summed E-state index contributed by atoms with van der Waals surface area (Å²) < 4.78 is 1.59. The number of hydrogen-bond acceptors (Lipinski definition) is 3. The second-order valence-electron chi connectivity index (χ2n) is 4.02. The molecule has 1 aromatic rings. The zero-order valence-electron chi connectivity index (χ0n) is 9.40. The van der Waals surface area contributed by atoms with Crippen molar-refractivity contribution in [3.8, 4) is 0 Å². The van der Waals surface area contributed by atoms with Gasteiger partial charge in [0.2, 0.25) is 0 Å². The standard InChI is InChI=1S/C11H15N3O2/c1-7-9(11(15)16)10(14(2)13-7)12-8-5-3-4-6-8/h3-4,8,12H,5-6H2,1-2H3,(H,15,16). The van der Waals surface area contributed by atoms with Crippen molar-refractivity contribution >= 4 is 11.8 Å². The number of aromatic carboxylic acids is 1. The smallest absolute Gasteiger partial charge is 0.341 e. The molecule has 2 rings (SSSR count). The number of carbonyl (C=O) groups is 1. The highest BCUT2D eigenvalue weighted by Crippen LogP contribution is 2.22. The summed E-state index contributed by atoms with van der Waals surface area (Å²) in [6.07, 6.45) is 6.06. The molecule has 0 aromatic carbocycles. The number of carboxylic acid groups (broad SMARTS) is 1. The molecule has 2 N–H and O–H groups in total. The molecular weight excluding hydrogens is 206 g/mol. The number of rotatable bonds is 3. The van der Waals surface area contributed by atoms with Gasteiger partial charge in [-0.2, -0.15) is 5.10 Å². The van der Waals surface area contributed by atoms with Crippen molar-refractivity contribution in [1.29, 1.82) is 0 Å². The minimum Gasteiger partial charge on any atom is -0.477 e. The number of aromatic nitrogens is 2.